The fraction of sp³-hybridized carbons (Fsp3) is 0.550. The van der Waals surface area contributed by atoms with Gasteiger partial charge < -0.3 is 9.64 Å². The number of rotatable bonds is 4. The van der Waals surface area contributed by atoms with Crippen LogP contribution in [-0.4, -0.2) is 53.2 Å². The SMILES string of the molecule is CC(C)(C)OC(=O)N1CCC(CCON2C(=O)c3ccccc3C2=O)CC1. The summed E-state index contributed by atoms with van der Waals surface area (Å²) in [6, 6.07) is 6.72. The zero-order chi connectivity index (χ0) is 19.6. The first-order valence-electron chi connectivity index (χ1n) is 9.35. The van der Waals surface area contributed by atoms with Gasteiger partial charge in [0, 0.05) is 13.1 Å². The minimum Gasteiger partial charge on any atom is -0.444 e. The van der Waals surface area contributed by atoms with E-state index in [1.54, 1.807) is 29.2 Å². The molecule has 0 radical (unpaired) electrons. The molecule has 3 amide bonds. The Balaban J connectivity index is 1.42. The minimum absolute atomic E-state index is 0.275. The number of imide groups is 1. The van der Waals surface area contributed by atoms with Crippen molar-refractivity contribution >= 4 is 17.9 Å². The van der Waals surface area contributed by atoms with Gasteiger partial charge in [-0.2, -0.15) is 0 Å². The zero-order valence-electron chi connectivity index (χ0n) is 16.1. The third-order valence-corrected chi connectivity index (χ3v) is 4.77. The van der Waals surface area contributed by atoms with E-state index in [9.17, 15) is 14.4 Å². The van der Waals surface area contributed by atoms with Crippen LogP contribution in [0.1, 0.15) is 60.7 Å². The summed E-state index contributed by atoms with van der Waals surface area (Å²) in [4.78, 5) is 43.8. The smallest absolute Gasteiger partial charge is 0.410 e. The van der Waals surface area contributed by atoms with Crippen LogP contribution in [0, 0.1) is 5.92 Å². The molecule has 7 heteroatoms. The van der Waals surface area contributed by atoms with Crippen molar-refractivity contribution in [1.82, 2.24) is 9.96 Å². The average molecular weight is 374 g/mol. The molecule has 0 unspecified atom stereocenters. The van der Waals surface area contributed by atoms with Crippen LogP contribution in [0.3, 0.4) is 0 Å². The summed E-state index contributed by atoms with van der Waals surface area (Å²) in [5.41, 5.74) is 0.273. The largest absolute Gasteiger partial charge is 0.444 e. The minimum atomic E-state index is -0.492. The number of fused-ring (bicyclic) bond motifs is 1. The molecule has 0 bridgehead atoms. The van der Waals surface area contributed by atoms with Gasteiger partial charge in [0.15, 0.2) is 0 Å². The zero-order valence-corrected chi connectivity index (χ0v) is 16.1. The van der Waals surface area contributed by atoms with Crippen LogP contribution in [0.2, 0.25) is 0 Å². The fourth-order valence-corrected chi connectivity index (χ4v) is 3.33. The number of hydroxylamine groups is 2. The van der Waals surface area contributed by atoms with Crippen LogP contribution in [0.15, 0.2) is 24.3 Å². The Kier molecular flexibility index (Phi) is 5.51. The number of ether oxygens (including phenoxy) is 1. The summed E-state index contributed by atoms with van der Waals surface area (Å²) in [6.07, 6.45) is 2.16. The third-order valence-electron chi connectivity index (χ3n) is 4.77. The molecule has 146 valence electrons. The number of likely N-dealkylation sites (tertiary alicyclic amines) is 1. The topological polar surface area (TPSA) is 76.2 Å². The van der Waals surface area contributed by atoms with Gasteiger partial charge in [-0.1, -0.05) is 12.1 Å². The molecule has 0 aliphatic carbocycles. The summed E-state index contributed by atoms with van der Waals surface area (Å²) >= 11 is 0. The highest BCUT2D eigenvalue weighted by atomic mass is 16.7. The lowest BCUT2D eigenvalue weighted by atomic mass is 9.94. The first-order chi connectivity index (χ1) is 12.8. The molecule has 27 heavy (non-hydrogen) atoms. The number of piperidine rings is 1. The Hall–Kier alpha value is -2.41. The van der Waals surface area contributed by atoms with Gasteiger partial charge in [-0.15, -0.1) is 5.06 Å². The van der Waals surface area contributed by atoms with E-state index in [0.717, 1.165) is 24.3 Å². The molecular weight excluding hydrogens is 348 g/mol. The first-order valence-corrected chi connectivity index (χ1v) is 9.35. The van der Waals surface area contributed by atoms with Crippen LogP contribution in [0.5, 0.6) is 0 Å². The number of amides is 3. The van der Waals surface area contributed by atoms with E-state index in [4.69, 9.17) is 9.57 Å². The van der Waals surface area contributed by atoms with E-state index in [1.165, 1.54) is 0 Å². The van der Waals surface area contributed by atoms with Crippen LogP contribution in [0.4, 0.5) is 4.79 Å². The molecule has 0 spiro atoms. The molecule has 0 aromatic heterocycles. The van der Waals surface area contributed by atoms with Crippen molar-refractivity contribution in [3.8, 4) is 0 Å². The van der Waals surface area contributed by atoms with Gasteiger partial charge in [0.1, 0.15) is 5.60 Å². The first kappa shape index (κ1) is 19.4. The van der Waals surface area contributed by atoms with Gasteiger partial charge >= 0.3 is 6.09 Å². The second-order valence-corrected chi connectivity index (χ2v) is 7.98. The molecule has 0 atom stereocenters. The summed E-state index contributed by atoms with van der Waals surface area (Å²) in [6.45, 7) is 7.15. The second-order valence-electron chi connectivity index (χ2n) is 7.98. The molecule has 2 aliphatic rings. The monoisotopic (exact) mass is 374 g/mol. The number of hydrogen-bond acceptors (Lipinski definition) is 5. The molecule has 1 saturated heterocycles. The van der Waals surface area contributed by atoms with E-state index in [0.29, 0.717) is 36.7 Å². The Bertz CT molecular complexity index is 697. The van der Waals surface area contributed by atoms with Crippen LogP contribution < -0.4 is 0 Å². The molecule has 2 heterocycles. The molecule has 0 saturated carbocycles. The number of carbonyl (C=O) groups is 3. The Labute approximate surface area is 159 Å². The van der Waals surface area contributed by atoms with Crippen molar-refractivity contribution in [2.75, 3.05) is 19.7 Å². The van der Waals surface area contributed by atoms with Gasteiger partial charge in [0.25, 0.3) is 11.8 Å². The lowest BCUT2D eigenvalue weighted by Gasteiger charge is -2.33. The molecule has 1 aromatic rings. The summed E-state index contributed by atoms with van der Waals surface area (Å²) in [5.74, 6) is -0.426. The maximum absolute atomic E-state index is 12.2. The van der Waals surface area contributed by atoms with E-state index in [2.05, 4.69) is 0 Å². The molecule has 1 aromatic carbocycles. The van der Waals surface area contributed by atoms with Crippen LogP contribution >= 0.6 is 0 Å². The molecule has 3 rings (SSSR count). The average Bonchev–Trinajstić information content (AvgIpc) is 2.86. The predicted molar refractivity (Wildman–Crippen MR) is 98.0 cm³/mol. The van der Waals surface area contributed by atoms with Gasteiger partial charge in [0.05, 0.1) is 17.7 Å². The van der Waals surface area contributed by atoms with Crippen molar-refractivity contribution in [2.24, 2.45) is 5.92 Å². The Morgan fingerprint density at radius 3 is 2.15 bits per heavy atom. The summed E-state index contributed by atoms with van der Waals surface area (Å²) in [7, 11) is 0. The maximum Gasteiger partial charge on any atom is 0.410 e. The number of hydrogen-bond donors (Lipinski definition) is 0. The quantitative estimate of drug-likeness (QED) is 0.756. The Morgan fingerprint density at radius 1 is 1.07 bits per heavy atom. The van der Waals surface area contributed by atoms with Crippen molar-refractivity contribution < 1.29 is 24.0 Å². The predicted octanol–water partition coefficient (Wildman–Crippen LogP) is 3.25. The van der Waals surface area contributed by atoms with Gasteiger partial charge in [-0.05, 0) is 58.1 Å². The van der Waals surface area contributed by atoms with E-state index >= 15 is 0 Å². The number of nitrogens with zero attached hydrogens (tertiary/aromatic N) is 2. The van der Waals surface area contributed by atoms with Gasteiger partial charge in [-0.25, -0.2) is 4.79 Å². The van der Waals surface area contributed by atoms with Crippen LogP contribution in [-0.2, 0) is 9.57 Å². The van der Waals surface area contributed by atoms with Gasteiger partial charge in [0.2, 0.25) is 0 Å². The van der Waals surface area contributed by atoms with E-state index in [-0.39, 0.29) is 6.09 Å². The number of carbonyl (C=O) groups excluding carboxylic acids is 3. The second kappa shape index (κ2) is 7.68. The van der Waals surface area contributed by atoms with Crippen molar-refractivity contribution in [3.63, 3.8) is 0 Å². The lowest BCUT2D eigenvalue weighted by molar-refractivity contribution is -0.0958. The van der Waals surface area contributed by atoms with Crippen molar-refractivity contribution in [2.45, 2.75) is 45.6 Å². The third kappa shape index (κ3) is 4.47. The van der Waals surface area contributed by atoms with Gasteiger partial charge in [-0.3, -0.25) is 14.4 Å². The molecular formula is C20H26N2O5. The van der Waals surface area contributed by atoms with Crippen molar-refractivity contribution in [1.29, 1.82) is 0 Å². The highest BCUT2D eigenvalue weighted by Crippen LogP contribution is 2.25. The van der Waals surface area contributed by atoms with Crippen molar-refractivity contribution in [3.05, 3.63) is 35.4 Å². The highest BCUT2D eigenvalue weighted by Gasteiger charge is 2.36. The molecule has 7 nitrogen and oxygen atoms in total. The molecule has 0 N–H and O–H groups in total. The van der Waals surface area contributed by atoms with E-state index in [1.807, 2.05) is 20.8 Å². The molecule has 2 aliphatic heterocycles. The normalized spacial score (nSPS) is 18.0. The Morgan fingerprint density at radius 2 is 1.63 bits per heavy atom. The van der Waals surface area contributed by atoms with Crippen LogP contribution in [0.25, 0.3) is 0 Å². The lowest BCUT2D eigenvalue weighted by Crippen LogP contribution is -2.42. The summed E-state index contributed by atoms with van der Waals surface area (Å²) < 4.78 is 5.40. The summed E-state index contributed by atoms with van der Waals surface area (Å²) in [5, 5.41) is 0.862. The maximum atomic E-state index is 12.2. The molecule has 1 fully saturated rings. The number of benzene rings is 1. The standard InChI is InChI=1S/C20H26N2O5/c1-20(2,3)27-19(25)21-11-8-14(9-12-21)10-13-26-22-17(23)15-6-4-5-7-16(15)18(22)24/h4-7,14H,8-13H2,1-3H3. The highest BCUT2D eigenvalue weighted by molar-refractivity contribution is 6.20. The van der Waals surface area contributed by atoms with E-state index < -0.39 is 17.4 Å². The fourth-order valence-electron chi connectivity index (χ4n) is 3.33.